The fourth-order valence-electron chi connectivity index (χ4n) is 2.07. The predicted octanol–water partition coefficient (Wildman–Crippen LogP) is 3.39. The summed E-state index contributed by atoms with van der Waals surface area (Å²) in [6.07, 6.45) is 0.284. The average molecular weight is 505 g/mol. The van der Waals surface area contributed by atoms with Crippen molar-refractivity contribution in [1.82, 2.24) is 9.97 Å². The summed E-state index contributed by atoms with van der Waals surface area (Å²) in [5, 5.41) is 0. The van der Waals surface area contributed by atoms with Crippen molar-refractivity contribution in [2.24, 2.45) is 5.92 Å². The fraction of sp³-hybridized carbons (Fsp3) is 0.353. The number of benzene rings is 1. The molecule has 1 aromatic carbocycles. The molecule has 1 amide bonds. The third-order valence-electron chi connectivity index (χ3n) is 3.29. The maximum Gasteiger partial charge on any atom is 0.430 e. The van der Waals surface area contributed by atoms with Crippen molar-refractivity contribution in [3.05, 3.63) is 39.7 Å². The van der Waals surface area contributed by atoms with E-state index in [4.69, 9.17) is 9.47 Å². The lowest BCUT2D eigenvalue weighted by Gasteiger charge is -2.23. The Balaban J connectivity index is 2.64. The molecule has 0 saturated heterocycles. The molecule has 0 saturated carbocycles. The second-order valence-corrected chi connectivity index (χ2v) is 8.93. The van der Waals surface area contributed by atoms with Gasteiger partial charge in [-0.1, -0.05) is 26.0 Å². The normalized spacial score (nSPS) is 11.3. The van der Waals surface area contributed by atoms with Crippen LogP contribution in [0.5, 0.6) is 5.88 Å². The molecule has 10 heteroatoms. The van der Waals surface area contributed by atoms with Gasteiger partial charge in [-0.15, -0.1) is 4.31 Å². The number of amides is 1. The van der Waals surface area contributed by atoms with Crippen LogP contribution in [0.15, 0.2) is 35.4 Å². The zero-order chi connectivity index (χ0) is 20.2. The highest BCUT2D eigenvalue weighted by molar-refractivity contribution is 14.1. The van der Waals surface area contributed by atoms with Crippen molar-refractivity contribution >= 4 is 44.5 Å². The van der Waals surface area contributed by atoms with E-state index in [1.54, 1.807) is 25.1 Å². The van der Waals surface area contributed by atoms with E-state index in [0.29, 0.717) is 13.6 Å². The van der Waals surface area contributed by atoms with E-state index in [1.165, 1.54) is 19.4 Å². The number of sulfonamides is 1. The molecule has 2 aromatic rings. The van der Waals surface area contributed by atoms with Gasteiger partial charge in [-0.2, -0.15) is 0 Å². The molecule has 0 atom stereocenters. The first kappa shape index (κ1) is 21.4. The highest BCUT2D eigenvalue weighted by Gasteiger charge is 2.37. The van der Waals surface area contributed by atoms with Crippen molar-refractivity contribution in [3.8, 4) is 5.88 Å². The second kappa shape index (κ2) is 8.83. The van der Waals surface area contributed by atoms with E-state index >= 15 is 0 Å². The number of nitrogens with zero attached hydrogens (tertiary/aromatic N) is 3. The number of carbonyl (C=O) groups is 1. The lowest BCUT2D eigenvalue weighted by molar-refractivity contribution is 0.143. The Hall–Kier alpha value is -1.95. The minimum atomic E-state index is -4.31. The molecule has 8 nitrogen and oxygen atoms in total. The van der Waals surface area contributed by atoms with Crippen molar-refractivity contribution < 1.29 is 22.7 Å². The number of rotatable bonds is 6. The molecule has 2 rings (SSSR count). The zero-order valence-corrected chi connectivity index (χ0v) is 18.3. The number of hydrogen-bond donors (Lipinski definition) is 0. The van der Waals surface area contributed by atoms with E-state index < -0.39 is 16.1 Å². The molecule has 0 aliphatic rings. The van der Waals surface area contributed by atoms with Crippen LogP contribution in [-0.4, -0.2) is 38.2 Å². The molecule has 0 radical (unpaired) electrons. The van der Waals surface area contributed by atoms with Gasteiger partial charge in [-0.3, -0.25) is 0 Å². The first-order valence-corrected chi connectivity index (χ1v) is 10.5. The van der Waals surface area contributed by atoms with Crippen LogP contribution >= 0.6 is 22.6 Å². The summed E-state index contributed by atoms with van der Waals surface area (Å²) in [4.78, 5) is 20.9. The number of aromatic nitrogens is 2. The lowest BCUT2D eigenvalue weighted by atomic mass is 10.2. The fourth-order valence-corrected chi connectivity index (χ4v) is 4.66. The molecule has 27 heavy (non-hydrogen) atoms. The van der Waals surface area contributed by atoms with Gasteiger partial charge < -0.3 is 9.47 Å². The third kappa shape index (κ3) is 4.86. The van der Waals surface area contributed by atoms with Gasteiger partial charge in [-0.05, 0) is 47.6 Å². The van der Waals surface area contributed by atoms with Gasteiger partial charge in [-0.25, -0.2) is 23.2 Å². The maximum atomic E-state index is 13.3. The molecule has 0 spiro atoms. The lowest BCUT2D eigenvalue weighted by Crippen LogP contribution is -2.39. The number of halogens is 1. The smallest absolute Gasteiger partial charge is 0.430 e. The minimum absolute atomic E-state index is 0.0290. The highest BCUT2D eigenvalue weighted by atomic mass is 127. The molecule has 146 valence electrons. The summed E-state index contributed by atoms with van der Waals surface area (Å²) in [5.74, 6) is -0.316. The number of aryl methyl sites for hydroxylation is 1. The molecular weight excluding hydrogens is 485 g/mol. The molecule has 0 aliphatic carbocycles. The van der Waals surface area contributed by atoms with E-state index in [-0.39, 0.29) is 29.1 Å². The first-order chi connectivity index (χ1) is 12.7. The van der Waals surface area contributed by atoms with Crippen LogP contribution in [0, 0.1) is 16.4 Å². The Morgan fingerprint density at radius 3 is 2.56 bits per heavy atom. The third-order valence-corrected chi connectivity index (χ3v) is 6.31. The van der Waals surface area contributed by atoms with Gasteiger partial charge in [0.15, 0.2) is 0 Å². The van der Waals surface area contributed by atoms with Gasteiger partial charge >= 0.3 is 6.09 Å². The molecule has 0 fully saturated rings. The summed E-state index contributed by atoms with van der Waals surface area (Å²) >= 11 is 1.89. The summed E-state index contributed by atoms with van der Waals surface area (Å²) in [7, 11) is -2.99. The van der Waals surface area contributed by atoms with Gasteiger partial charge in [0, 0.05) is 3.57 Å². The van der Waals surface area contributed by atoms with Crippen molar-refractivity contribution in [2.45, 2.75) is 25.7 Å². The standard InChI is InChI=1S/C17H20IN3O5S/c1-11(2)10-26-17(22)21(15-16(25-4)20-12(3)9-19-15)27(23,24)14-8-6-5-7-13(14)18/h5-9,11H,10H2,1-4H3. The van der Waals surface area contributed by atoms with Crippen LogP contribution in [-0.2, 0) is 14.8 Å². The number of ether oxygens (including phenoxy) is 2. The average Bonchev–Trinajstić information content (AvgIpc) is 2.61. The van der Waals surface area contributed by atoms with Gasteiger partial charge in [0.05, 0.1) is 25.6 Å². The quantitative estimate of drug-likeness (QED) is 0.555. The molecular formula is C17H20IN3O5S. The minimum Gasteiger partial charge on any atom is -0.478 e. The van der Waals surface area contributed by atoms with Crippen LogP contribution in [0.2, 0.25) is 0 Å². The molecule has 0 N–H and O–H groups in total. The van der Waals surface area contributed by atoms with Gasteiger partial charge in [0.2, 0.25) is 5.82 Å². The topological polar surface area (TPSA) is 98.7 Å². The number of anilines is 1. The van der Waals surface area contributed by atoms with E-state index in [0.717, 1.165) is 0 Å². The van der Waals surface area contributed by atoms with Crippen molar-refractivity contribution in [1.29, 1.82) is 0 Å². The highest BCUT2D eigenvalue weighted by Crippen LogP contribution is 2.31. The number of carbonyl (C=O) groups excluding carboxylic acids is 1. The van der Waals surface area contributed by atoms with Crippen molar-refractivity contribution in [3.63, 3.8) is 0 Å². The Labute approximate surface area is 172 Å². The Bertz CT molecular complexity index is 934. The summed E-state index contributed by atoms with van der Waals surface area (Å²) < 4.78 is 37.9. The SMILES string of the molecule is COc1nc(C)cnc1N(C(=O)OCC(C)C)S(=O)(=O)c1ccccc1I. The summed E-state index contributed by atoms with van der Waals surface area (Å²) in [5.41, 5.74) is 0.512. The Morgan fingerprint density at radius 1 is 1.30 bits per heavy atom. The first-order valence-electron chi connectivity index (χ1n) is 8.02. The second-order valence-electron chi connectivity index (χ2n) is 6.01. The molecule has 0 unspecified atom stereocenters. The monoisotopic (exact) mass is 505 g/mol. The van der Waals surface area contributed by atoms with Crippen LogP contribution < -0.4 is 9.04 Å². The maximum absolute atomic E-state index is 13.3. The van der Waals surface area contributed by atoms with Crippen LogP contribution in [0.4, 0.5) is 10.6 Å². The van der Waals surface area contributed by atoms with E-state index in [9.17, 15) is 13.2 Å². The summed E-state index contributed by atoms with van der Waals surface area (Å²) in [6.45, 7) is 5.42. The van der Waals surface area contributed by atoms with Crippen LogP contribution in [0.3, 0.4) is 0 Å². The van der Waals surface area contributed by atoms with E-state index in [2.05, 4.69) is 9.97 Å². The van der Waals surface area contributed by atoms with E-state index in [1.807, 2.05) is 36.4 Å². The van der Waals surface area contributed by atoms with Gasteiger partial charge in [0.25, 0.3) is 15.9 Å². The van der Waals surface area contributed by atoms with Crippen LogP contribution in [0.25, 0.3) is 0 Å². The van der Waals surface area contributed by atoms with Crippen molar-refractivity contribution in [2.75, 3.05) is 18.0 Å². The molecule has 0 bridgehead atoms. The number of methoxy groups -OCH3 is 1. The summed E-state index contributed by atoms with van der Waals surface area (Å²) in [6, 6.07) is 6.32. The Morgan fingerprint density at radius 2 is 1.96 bits per heavy atom. The van der Waals surface area contributed by atoms with Crippen LogP contribution in [0.1, 0.15) is 19.5 Å². The zero-order valence-electron chi connectivity index (χ0n) is 15.3. The molecule has 1 aromatic heterocycles. The predicted molar refractivity (Wildman–Crippen MR) is 108 cm³/mol. The molecule has 0 aliphatic heterocycles. The van der Waals surface area contributed by atoms with Gasteiger partial charge in [0.1, 0.15) is 4.90 Å². The Kier molecular flexibility index (Phi) is 6.98. The largest absolute Gasteiger partial charge is 0.478 e. The number of hydrogen-bond acceptors (Lipinski definition) is 7. The molecule has 1 heterocycles.